The zero-order valence-electron chi connectivity index (χ0n) is 10.3. The number of carboxylic acids is 1. The summed E-state index contributed by atoms with van der Waals surface area (Å²) in [6, 6.07) is 4.99. The number of aromatic carboxylic acids is 1. The molecule has 1 amide bonds. The molecule has 6 heteroatoms. The van der Waals surface area contributed by atoms with E-state index >= 15 is 0 Å². The SMILES string of the molecule is O=C(O)c1ccc2c(c1)NCC(=O)N2C1CCNC1. The molecule has 0 bridgehead atoms. The second-order valence-electron chi connectivity index (χ2n) is 4.80. The number of carboxylic acid groups (broad SMARTS) is 1. The Bertz CT molecular complexity index is 538. The molecule has 3 rings (SSSR count). The van der Waals surface area contributed by atoms with E-state index < -0.39 is 5.97 Å². The molecule has 1 saturated heterocycles. The fourth-order valence-corrected chi connectivity index (χ4v) is 2.67. The third kappa shape index (κ3) is 2.04. The highest BCUT2D eigenvalue weighted by Gasteiger charge is 2.32. The first kappa shape index (κ1) is 12.0. The van der Waals surface area contributed by atoms with Crippen LogP contribution in [0.2, 0.25) is 0 Å². The number of hydrogen-bond acceptors (Lipinski definition) is 4. The van der Waals surface area contributed by atoms with Crippen molar-refractivity contribution in [1.82, 2.24) is 5.32 Å². The number of carbonyl (C=O) groups excluding carboxylic acids is 1. The van der Waals surface area contributed by atoms with Gasteiger partial charge in [-0.3, -0.25) is 4.79 Å². The summed E-state index contributed by atoms with van der Waals surface area (Å²) in [5.41, 5.74) is 1.71. The molecule has 2 aliphatic heterocycles. The van der Waals surface area contributed by atoms with Crippen LogP contribution in [-0.2, 0) is 4.79 Å². The van der Waals surface area contributed by atoms with Crippen molar-refractivity contribution in [2.24, 2.45) is 0 Å². The Hall–Kier alpha value is -2.08. The van der Waals surface area contributed by atoms with Crippen molar-refractivity contribution < 1.29 is 14.7 Å². The normalized spacial score (nSPS) is 22.0. The van der Waals surface area contributed by atoms with Crippen LogP contribution < -0.4 is 15.5 Å². The quantitative estimate of drug-likeness (QED) is 0.722. The number of carbonyl (C=O) groups is 2. The Morgan fingerprint density at radius 1 is 1.42 bits per heavy atom. The lowest BCUT2D eigenvalue weighted by molar-refractivity contribution is -0.117. The highest BCUT2D eigenvalue weighted by atomic mass is 16.4. The average molecular weight is 261 g/mol. The van der Waals surface area contributed by atoms with Crippen LogP contribution in [-0.4, -0.2) is 42.7 Å². The molecule has 0 aromatic heterocycles. The van der Waals surface area contributed by atoms with E-state index in [0.717, 1.165) is 25.2 Å². The van der Waals surface area contributed by atoms with Crippen LogP contribution >= 0.6 is 0 Å². The fourth-order valence-electron chi connectivity index (χ4n) is 2.67. The molecular weight excluding hydrogens is 246 g/mol. The van der Waals surface area contributed by atoms with Crippen LogP contribution in [0.4, 0.5) is 11.4 Å². The first-order valence-electron chi connectivity index (χ1n) is 6.31. The van der Waals surface area contributed by atoms with Gasteiger partial charge in [-0.25, -0.2) is 4.79 Å². The van der Waals surface area contributed by atoms with E-state index in [2.05, 4.69) is 10.6 Å². The van der Waals surface area contributed by atoms with E-state index in [1.807, 2.05) is 0 Å². The maximum atomic E-state index is 12.1. The number of rotatable bonds is 2. The predicted molar refractivity (Wildman–Crippen MR) is 70.7 cm³/mol. The molecule has 0 aliphatic carbocycles. The second kappa shape index (κ2) is 4.55. The molecule has 1 aromatic rings. The summed E-state index contributed by atoms with van der Waals surface area (Å²) >= 11 is 0. The Morgan fingerprint density at radius 2 is 2.26 bits per heavy atom. The standard InChI is InChI=1S/C13H15N3O3/c17-12-7-15-10-5-8(13(18)19)1-2-11(10)16(12)9-3-4-14-6-9/h1-2,5,9,14-15H,3-4,6-7H2,(H,18,19). The molecule has 19 heavy (non-hydrogen) atoms. The van der Waals surface area contributed by atoms with E-state index in [1.54, 1.807) is 17.0 Å². The molecular formula is C13H15N3O3. The minimum absolute atomic E-state index is 0.0317. The fraction of sp³-hybridized carbons (Fsp3) is 0.385. The van der Waals surface area contributed by atoms with E-state index in [0.29, 0.717) is 5.69 Å². The molecule has 1 fully saturated rings. The summed E-state index contributed by atoms with van der Waals surface area (Å²) in [4.78, 5) is 24.8. The van der Waals surface area contributed by atoms with Crippen LogP contribution in [0.25, 0.3) is 0 Å². The molecule has 1 aromatic carbocycles. The van der Waals surface area contributed by atoms with Crippen LogP contribution in [0, 0.1) is 0 Å². The van der Waals surface area contributed by atoms with E-state index in [1.165, 1.54) is 6.07 Å². The molecule has 0 saturated carbocycles. The van der Waals surface area contributed by atoms with Crippen LogP contribution in [0.15, 0.2) is 18.2 Å². The monoisotopic (exact) mass is 261 g/mol. The Labute approximate surface area is 110 Å². The minimum Gasteiger partial charge on any atom is -0.478 e. The second-order valence-corrected chi connectivity index (χ2v) is 4.80. The lowest BCUT2D eigenvalue weighted by atomic mass is 10.1. The summed E-state index contributed by atoms with van der Waals surface area (Å²) in [7, 11) is 0. The van der Waals surface area contributed by atoms with Gasteiger partial charge in [0.15, 0.2) is 0 Å². The third-order valence-electron chi connectivity index (χ3n) is 3.60. The number of nitrogens with one attached hydrogen (secondary N) is 2. The highest BCUT2D eigenvalue weighted by molar-refractivity contribution is 6.04. The molecule has 1 unspecified atom stereocenters. The highest BCUT2D eigenvalue weighted by Crippen LogP contribution is 2.33. The van der Waals surface area contributed by atoms with Gasteiger partial charge in [0.05, 0.1) is 29.5 Å². The van der Waals surface area contributed by atoms with Gasteiger partial charge < -0.3 is 20.6 Å². The van der Waals surface area contributed by atoms with Crippen LogP contribution in [0.3, 0.4) is 0 Å². The van der Waals surface area contributed by atoms with E-state index in [9.17, 15) is 9.59 Å². The summed E-state index contributed by atoms with van der Waals surface area (Å²) in [6.45, 7) is 1.91. The number of anilines is 2. The molecule has 2 aliphatic rings. The van der Waals surface area contributed by atoms with Gasteiger partial charge in [0, 0.05) is 6.54 Å². The van der Waals surface area contributed by atoms with Crippen molar-refractivity contribution in [2.75, 3.05) is 29.9 Å². The van der Waals surface area contributed by atoms with Crippen molar-refractivity contribution >= 4 is 23.3 Å². The summed E-state index contributed by atoms with van der Waals surface area (Å²) in [6.07, 6.45) is 0.922. The van der Waals surface area contributed by atoms with Crippen LogP contribution in [0.5, 0.6) is 0 Å². The van der Waals surface area contributed by atoms with E-state index in [4.69, 9.17) is 5.11 Å². The number of amides is 1. The van der Waals surface area contributed by atoms with Gasteiger partial charge in [0.1, 0.15) is 0 Å². The maximum absolute atomic E-state index is 12.1. The zero-order chi connectivity index (χ0) is 13.4. The molecule has 100 valence electrons. The molecule has 3 N–H and O–H groups in total. The zero-order valence-corrected chi connectivity index (χ0v) is 10.3. The summed E-state index contributed by atoms with van der Waals surface area (Å²) < 4.78 is 0. The summed E-state index contributed by atoms with van der Waals surface area (Å²) in [5.74, 6) is -0.931. The summed E-state index contributed by atoms with van der Waals surface area (Å²) in [5, 5.41) is 15.2. The van der Waals surface area contributed by atoms with Crippen molar-refractivity contribution in [3.63, 3.8) is 0 Å². The lowest BCUT2D eigenvalue weighted by Gasteiger charge is -2.34. The van der Waals surface area contributed by atoms with Crippen molar-refractivity contribution in [2.45, 2.75) is 12.5 Å². The van der Waals surface area contributed by atoms with Gasteiger partial charge >= 0.3 is 5.97 Å². The van der Waals surface area contributed by atoms with Gasteiger partial charge in [-0.15, -0.1) is 0 Å². The average Bonchev–Trinajstić information content (AvgIpc) is 2.91. The molecule has 0 radical (unpaired) electrons. The van der Waals surface area contributed by atoms with Gasteiger partial charge in [-0.1, -0.05) is 0 Å². The van der Waals surface area contributed by atoms with Gasteiger partial charge in [-0.2, -0.15) is 0 Å². The minimum atomic E-state index is -0.962. The molecule has 0 spiro atoms. The van der Waals surface area contributed by atoms with Crippen LogP contribution in [0.1, 0.15) is 16.8 Å². The first-order chi connectivity index (χ1) is 9.16. The Balaban J connectivity index is 1.99. The molecule has 2 heterocycles. The lowest BCUT2D eigenvalue weighted by Crippen LogP contribution is -2.47. The Morgan fingerprint density at radius 3 is 2.95 bits per heavy atom. The van der Waals surface area contributed by atoms with Crippen molar-refractivity contribution in [3.8, 4) is 0 Å². The van der Waals surface area contributed by atoms with Crippen molar-refractivity contribution in [1.29, 1.82) is 0 Å². The number of benzene rings is 1. The van der Waals surface area contributed by atoms with Gasteiger partial charge in [0.25, 0.3) is 0 Å². The largest absolute Gasteiger partial charge is 0.478 e. The maximum Gasteiger partial charge on any atom is 0.335 e. The molecule has 6 nitrogen and oxygen atoms in total. The van der Waals surface area contributed by atoms with Crippen molar-refractivity contribution in [3.05, 3.63) is 23.8 Å². The smallest absolute Gasteiger partial charge is 0.335 e. The van der Waals surface area contributed by atoms with E-state index in [-0.39, 0.29) is 24.1 Å². The number of hydrogen-bond donors (Lipinski definition) is 3. The molecule has 1 atom stereocenters. The number of nitrogens with zero attached hydrogens (tertiary/aromatic N) is 1. The topological polar surface area (TPSA) is 81.7 Å². The van der Waals surface area contributed by atoms with Gasteiger partial charge in [0.2, 0.25) is 5.91 Å². The predicted octanol–water partition coefficient (Wildman–Crippen LogP) is 0.505. The third-order valence-corrected chi connectivity index (χ3v) is 3.60. The van der Waals surface area contributed by atoms with Gasteiger partial charge in [-0.05, 0) is 31.2 Å². The first-order valence-corrected chi connectivity index (χ1v) is 6.31. The number of fused-ring (bicyclic) bond motifs is 1. The Kier molecular flexibility index (Phi) is 2.87.